The molecule has 0 amide bonds. The first-order chi connectivity index (χ1) is 11.0. The Kier molecular flexibility index (Phi) is 5.42. The number of rotatable bonds is 8. The average Bonchev–Trinajstić information content (AvgIpc) is 2.97. The highest BCUT2D eigenvalue weighted by Gasteiger charge is 2.56. The zero-order chi connectivity index (χ0) is 16.3. The van der Waals surface area contributed by atoms with Crippen LogP contribution in [0.15, 0.2) is 16.8 Å². The van der Waals surface area contributed by atoms with Gasteiger partial charge in [0.15, 0.2) is 0 Å². The molecule has 0 unspecified atom stereocenters. The highest BCUT2D eigenvalue weighted by molar-refractivity contribution is 7.89. The molecule has 1 saturated heterocycles. The Labute approximate surface area is 143 Å². The van der Waals surface area contributed by atoms with Crippen molar-refractivity contribution in [3.63, 3.8) is 0 Å². The van der Waals surface area contributed by atoms with Gasteiger partial charge in [0.25, 0.3) is 0 Å². The first-order valence-corrected chi connectivity index (χ1v) is 11.1. The second kappa shape index (κ2) is 7.19. The molecule has 2 heterocycles. The molecule has 1 saturated carbocycles. The van der Waals surface area contributed by atoms with Gasteiger partial charge in [-0.1, -0.05) is 0 Å². The highest BCUT2D eigenvalue weighted by Crippen LogP contribution is 2.55. The van der Waals surface area contributed by atoms with Crippen molar-refractivity contribution in [2.45, 2.75) is 38.8 Å². The smallest absolute Gasteiger partial charge is 0.211 e. The summed E-state index contributed by atoms with van der Waals surface area (Å²) < 4.78 is 26.0. The minimum absolute atomic E-state index is 0.149. The Morgan fingerprint density at radius 2 is 2.22 bits per heavy atom. The summed E-state index contributed by atoms with van der Waals surface area (Å²) in [5.74, 6) is 0.149. The molecule has 2 aliphatic rings. The summed E-state index contributed by atoms with van der Waals surface area (Å²) >= 11 is 1.72. The van der Waals surface area contributed by atoms with Crippen molar-refractivity contribution in [3.8, 4) is 0 Å². The van der Waals surface area contributed by atoms with E-state index in [1.807, 2.05) is 0 Å². The van der Waals surface area contributed by atoms with Gasteiger partial charge in [-0.25, -0.2) is 13.1 Å². The Bertz CT molecular complexity index is 595. The molecule has 130 valence electrons. The highest BCUT2D eigenvalue weighted by atomic mass is 32.2. The molecule has 0 aromatic carbocycles. The maximum atomic E-state index is 11.6. The van der Waals surface area contributed by atoms with Crippen molar-refractivity contribution >= 4 is 21.4 Å². The third kappa shape index (κ3) is 4.33. The fraction of sp³-hybridized carbons (Fsp3) is 0.750. The van der Waals surface area contributed by atoms with E-state index in [0.717, 1.165) is 26.2 Å². The predicted molar refractivity (Wildman–Crippen MR) is 95.1 cm³/mol. The van der Waals surface area contributed by atoms with E-state index >= 15 is 0 Å². The van der Waals surface area contributed by atoms with E-state index in [1.54, 1.807) is 18.3 Å². The van der Waals surface area contributed by atoms with Crippen molar-refractivity contribution in [3.05, 3.63) is 22.4 Å². The molecule has 23 heavy (non-hydrogen) atoms. The zero-order valence-electron chi connectivity index (χ0n) is 13.8. The first kappa shape index (κ1) is 17.4. The van der Waals surface area contributed by atoms with E-state index < -0.39 is 10.0 Å². The minimum atomic E-state index is -3.10. The summed E-state index contributed by atoms with van der Waals surface area (Å²) in [7, 11) is -3.10. The van der Waals surface area contributed by atoms with Crippen molar-refractivity contribution in [1.82, 2.24) is 14.9 Å². The van der Waals surface area contributed by atoms with Gasteiger partial charge in [-0.05, 0) is 67.1 Å². The van der Waals surface area contributed by atoms with Crippen LogP contribution in [0.5, 0.6) is 0 Å². The van der Waals surface area contributed by atoms with Crippen LogP contribution in [0.4, 0.5) is 0 Å². The topological polar surface area (TPSA) is 61.4 Å². The average molecular weight is 358 g/mol. The lowest BCUT2D eigenvalue weighted by Gasteiger charge is -2.29. The van der Waals surface area contributed by atoms with Gasteiger partial charge in [0.2, 0.25) is 10.0 Å². The molecule has 1 aliphatic carbocycles. The molecule has 5 nitrogen and oxygen atoms in total. The van der Waals surface area contributed by atoms with Crippen molar-refractivity contribution in [2.24, 2.45) is 5.41 Å². The molecule has 7 heteroatoms. The van der Waals surface area contributed by atoms with Gasteiger partial charge in [0.1, 0.15) is 0 Å². The largest absolute Gasteiger partial charge is 0.317 e. The normalized spacial score (nSPS) is 23.5. The molecule has 0 bridgehead atoms. The van der Waals surface area contributed by atoms with E-state index in [0.29, 0.717) is 18.0 Å². The van der Waals surface area contributed by atoms with Crippen molar-refractivity contribution in [1.29, 1.82) is 0 Å². The summed E-state index contributed by atoms with van der Waals surface area (Å²) in [5.41, 5.74) is 1.81. The van der Waals surface area contributed by atoms with Crippen LogP contribution in [0.2, 0.25) is 0 Å². The van der Waals surface area contributed by atoms with Crippen LogP contribution < -0.4 is 10.0 Å². The Morgan fingerprint density at radius 3 is 2.87 bits per heavy atom. The molecule has 1 spiro atoms. The quantitative estimate of drug-likeness (QED) is 0.742. The molecule has 1 aromatic heterocycles. The standard InChI is InChI=1S/C16H27N3O2S2/c1-2-23(20,21)18-8-9-19(12-14-3-10-22-13-14)15-11-16(15)4-6-17-7-5-16/h3,10,13,15,17-18H,2,4-9,11-12H2,1H3/t15-/m0/s1. The van der Waals surface area contributed by atoms with Gasteiger partial charge >= 0.3 is 0 Å². The number of sulfonamides is 1. The Morgan fingerprint density at radius 1 is 1.43 bits per heavy atom. The number of nitrogens with zero attached hydrogens (tertiary/aromatic N) is 1. The number of thiophene rings is 1. The summed E-state index contributed by atoms with van der Waals surface area (Å²) in [6, 6.07) is 2.78. The monoisotopic (exact) mass is 357 g/mol. The lowest BCUT2D eigenvalue weighted by molar-refractivity contribution is 0.198. The van der Waals surface area contributed by atoms with Crippen LogP contribution in [0.3, 0.4) is 0 Å². The number of hydrogen-bond donors (Lipinski definition) is 2. The molecule has 2 N–H and O–H groups in total. The summed E-state index contributed by atoms with van der Waals surface area (Å²) in [5, 5.41) is 7.75. The second-order valence-electron chi connectivity index (χ2n) is 6.73. The summed E-state index contributed by atoms with van der Waals surface area (Å²) in [4.78, 5) is 2.49. The predicted octanol–water partition coefficient (Wildman–Crippen LogP) is 1.63. The van der Waals surface area contributed by atoms with Gasteiger partial charge in [-0.2, -0.15) is 11.3 Å². The molecule has 1 aromatic rings. The van der Waals surface area contributed by atoms with Gasteiger partial charge in [-0.3, -0.25) is 4.90 Å². The summed E-state index contributed by atoms with van der Waals surface area (Å²) in [6.07, 6.45) is 3.76. The molecule has 2 fully saturated rings. The third-order valence-electron chi connectivity index (χ3n) is 5.25. The fourth-order valence-electron chi connectivity index (χ4n) is 3.71. The Hall–Kier alpha value is -0.470. The van der Waals surface area contributed by atoms with E-state index in [9.17, 15) is 8.42 Å². The van der Waals surface area contributed by atoms with Crippen LogP contribution in [0.25, 0.3) is 0 Å². The lowest BCUT2D eigenvalue weighted by atomic mass is 9.93. The van der Waals surface area contributed by atoms with E-state index in [2.05, 4.69) is 31.8 Å². The van der Waals surface area contributed by atoms with Crippen LogP contribution in [-0.4, -0.2) is 51.3 Å². The zero-order valence-corrected chi connectivity index (χ0v) is 15.4. The number of piperidine rings is 1. The van der Waals surface area contributed by atoms with Gasteiger partial charge in [0, 0.05) is 25.7 Å². The van der Waals surface area contributed by atoms with E-state index in [1.165, 1.54) is 24.8 Å². The SMILES string of the molecule is CCS(=O)(=O)NCCN(Cc1ccsc1)[C@H]1CC12CCNCC2. The minimum Gasteiger partial charge on any atom is -0.317 e. The summed E-state index contributed by atoms with van der Waals surface area (Å²) in [6.45, 7) is 6.13. The van der Waals surface area contributed by atoms with Gasteiger partial charge < -0.3 is 5.32 Å². The molecule has 1 atom stereocenters. The third-order valence-corrected chi connectivity index (χ3v) is 7.39. The Balaban J connectivity index is 1.60. The van der Waals surface area contributed by atoms with Crippen LogP contribution in [0.1, 0.15) is 31.7 Å². The maximum Gasteiger partial charge on any atom is 0.211 e. The fourth-order valence-corrected chi connectivity index (χ4v) is 4.98. The van der Waals surface area contributed by atoms with Gasteiger partial charge in [0.05, 0.1) is 5.75 Å². The lowest BCUT2D eigenvalue weighted by Crippen LogP contribution is -2.40. The van der Waals surface area contributed by atoms with Crippen LogP contribution in [0, 0.1) is 5.41 Å². The molecular weight excluding hydrogens is 330 g/mol. The van der Waals surface area contributed by atoms with E-state index in [-0.39, 0.29) is 5.75 Å². The van der Waals surface area contributed by atoms with Crippen molar-refractivity contribution in [2.75, 3.05) is 31.9 Å². The number of hydrogen-bond acceptors (Lipinski definition) is 5. The molecule has 1 aliphatic heterocycles. The molecule has 0 radical (unpaired) electrons. The van der Waals surface area contributed by atoms with Crippen LogP contribution in [-0.2, 0) is 16.6 Å². The number of nitrogens with one attached hydrogen (secondary N) is 2. The van der Waals surface area contributed by atoms with Crippen LogP contribution >= 0.6 is 11.3 Å². The maximum absolute atomic E-state index is 11.6. The first-order valence-electron chi connectivity index (χ1n) is 8.48. The molecular formula is C16H27N3O2S2. The van der Waals surface area contributed by atoms with E-state index in [4.69, 9.17) is 0 Å². The second-order valence-corrected chi connectivity index (χ2v) is 9.61. The molecule has 3 rings (SSSR count). The van der Waals surface area contributed by atoms with Crippen molar-refractivity contribution < 1.29 is 8.42 Å². The van der Waals surface area contributed by atoms with Gasteiger partial charge in [-0.15, -0.1) is 0 Å².